The van der Waals surface area contributed by atoms with Crippen molar-refractivity contribution >= 4 is 76.9 Å². The highest BCUT2D eigenvalue weighted by Gasteiger charge is 2.19. The van der Waals surface area contributed by atoms with Gasteiger partial charge in [0.15, 0.2) is 5.13 Å². The fourth-order valence-corrected chi connectivity index (χ4v) is 5.86. The lowest BCUT2D eigenvalue weighted by Crippen LogP contribution is -2.11. The zero-order valence-electron chi connectivity index (χ0n) is 12.4. The molecule has 3 aromatic rings. The molecular formula is C14H11Br2N3OS3. The van der Waals surface area contributed by atoms with E-state index < -0.39 is 0 Å². The monoisotopic (exact) mass is 491 g/mol. The molecule has 0 aliphatic heterocycles. The Hall–Kier alpha value is -0.610. The van der Waals surface area contributed by atoms with Crippen LogP contribution in [0.2, 0.25) is 0 Å². The summed E-state index contributed by atoms with van der Waals surface area (Å²) in [4.78, 5) is 23.1. The molecule has 9 heteroatoms. The second-order valence-corrected chi connectivity index (χ2v) is 9.98. The first-order chi connectivity index (χ1) is 10.9. The number of hydrogen-bond acceptors (Lipinski definition) is 6. The molecule has 0 atom stereocenters. The Bertz CT molecular complexity index is 897. The molecule has 23 heavy (non-hydrogen) atoms. The fraction of sp³-hybridized carbons (Fsp3) is 0.214. The van der Waals surface area contributed by atoms with Crippen molar-refractivity contribution in [1.29, 1.82) is 0 Å². The van der Waals surface area contributed by atoms with E-state index in [2.05, 4.69) is 47.1 Å². The van der Waals surface area contributed by atoms with E-state index in [9.17, 15) is 4.79 Å². The first kappa shape index (κ1) is 17.2. The molecule has 0 fully saturated rings. The average Bonchev–Trinajstić information content (AvgIpc) is 3.14. The summed E-state index contributed by atoms with van der Waals surface area (Å²) >= 11 is 11.3. The summed E-state index contributed by atoms with van der Waals surface area (Å²) in [5.41, 5.74) is 2.75. The molecule has 0 saturated carbocycles. The number of aryl methyl sites for hydroxylation is 2. The molecule has 1 N–H and O–H groups in total. The number of amides is 1. The molecule has 120 valence electrons. The molecule has 3 rings (SSSR count). The van der Waals surface area contributed by atoms with Crippen molar-refractivity contribution in [3.63, 3.8) is 0 Å². The second-order valence-electron chi connectivity index (χ2n) is 4.78. The van der Waals surface area contributed by atoms with Gasteiger partial charge in [-0.2, -0.15) is 0 Å². The lowest BCUT2D eigenvalue weighted by Gasteiger charge is -2.00. The maximum atomic E-state index is 12.4. The maximum absolute atomic E-state index is 12.4. The summed E-state index contributed by atoms with van der Waals surface area (Å²) in [5.74, 6) is -0.142. The Morgan fingerprint density at radius 3 is 2.48 bits per heavy atom. The summed E-state index contributed by atoms with van der Waals surface area (Å²) < 4.78 is 1.83. The minimum absolute atomic E-state index is 0.142. The number of thiazole rings is 2. The number of nitrogens with zero attached hydrogens (tertiary/aromatic N) is 2. The van der Waals surface area contributed by atoms with E-state index in [0.717, 1.165) is 35.1 Å². The Labute approximate surface area is 162 Å². The number of aromatic nitrogens is 2. The number of carbonyl (C=O) groups excluding carboxylic acids is 1. The highest BCUT2D eigenvalue weighted by atomic mass is 79.9. The van der Waals surface area contributed by atoms with Crippen LogP contribution in [0.3, 0.4) is 0 Å². The van der Waals surface area contributed by atoms with E-state index in [4.69, 9.17) is 0 Å². The van der Waals surface area contributed by atoms with Crippen LogP contribution in [-0.2, 0) is 0 Å². The SMILES string of the molecule is Cc1nc(C)c(-c2csc(NC(=O)c3sc(Br)c(Br)c3C)n2)s1. The highest BCUT2D eigenvalue weighted by molar-refractivity contribution is 9.13. The lowest BCUT2D eigenvalue weighted by atomic mass is 10.3. The number of anilines is 1. The topological polar surface area (TPSA) is 54.9 Å². The van der Waals surface area contributed by atoms with Crippen molar-refractivity contribution in [3.05, 3.63) is 34.8 Å². The van der Waals surface area contributed by atoms with E-state index in [-0.39, 0.29) is 5.91 Å². The van der Waals surface area contributed by atoms with E-state index in [1.165, 1.54) is 22.7 Å². The van der Waals surface area contributed by atoms with Crippen molar-refractivity contribution in [1.82, 2.24) is 9.97 Å². The molecule has 0 aliphatic rings. The standard InChI is InChI=1S/C14H11Br2N3OS3/c1-5-9(15)12(16)23-10(5)13(20)19-14-18-8(4-21-14)11-6(2)17-7(3)22-11/h4H,1-3H3,(H,18,19,20). The molecule has 0 saturated heterocycles. The Morgan fingerprint density at radius 1 is 1.17 bits per heavy atom. The van der Waals surface area contributed by atoms with Gasteiger partial charge in [0, 0.05) is 9.85 Å². The van der Waals surface area contributed by atoms with Crippen LogP contribution >= 0.6 is 65.9 Å². The smallest absolute Gasteiger partial charge is 0.267 e. The quantitative estimate of drug-likeness (QED) is 0.485. The molecule has 0 aliphatic carbocycles. The highest BCUT2D eigenvalue weighted by Crippen LogP contribution is 2.37. The summed E-state index contributed by atoms with van der Waals surface area (Å²) in [5, 5.41) is 6.43. The van der Waals surface area contributed by atoms with Gasteiger partial charge in [0.25, 0.3) is 5.91 Å². The van der Waals surface area contributed by atoms with Gasteiger partial charge in [-0.25, -0.2) is 9.97 Å². The van der Waals surface area contributed by atoms with E-state index in [1.54, 1.807) is 11.3 Å². The van der Waals surface area contributed by atoms with Crippen molar-refractivity contribution in [3.8, 4) is 10.6 Å². The van der Waals surface area contributed by atoms with Gasteiger partial charge >= 0.3 is 0 Å². The van der Waals surface area contributed by atoms with Crippen LogP contribution in [0.15, 0.2) is 13.6 Å². The molecule has 1 amide bonds. The third-order valence-corrected chi connectivity index (χ3v) is 8.70. The normalized spacial score (nSPS) is 11.0. The second kappa shape index (κ2) is 6.72. The van der Waals surface area contributed by atoms with E-state index in [1.807, 2.05) is 26.2 Å². The van der Waals surface area contributed by atoms with Gasteiger partial charge in [0.05, 0.1) is 29.9 Å². The first-order valence-corrected chi connectivity index (χ1v) is 10.6. The van der Waals surface area contributed by atoms with Gasteiger partial charge in [-0.3, -0.25) is 10.1 Å². The fourth-order valence-electron chi connectivity index (χ4n) is 2.03. The van der Waals surface area contributed by atoms with Crippen molar-refractivity contribution < 1.29 is 4.79 Å². The minimum Gasteiger partial charge on any atom is -0.297 e. The van der Waals surface area contributed by atoms with E-state index in [0.29, 0.717) is 10.0 Å². The Kier molecular flexibility index (Phi) is 5.03. The van der Waals surface area contributed by atoms with Crippen LogP contribution in [-0.4, -0.2) is 15.9 Å². The zero-order valence-corrected chi connectivity index (χ0v) is 18.0. The summed E-state index contributed by atoms with van der Waals surface area (Å²) in [7, 11) is 0. The lowest BCUT2D eigenvalue weighted by molar-refractivity contribution is 0.103. The van der Waals surface area contributed by atoms with Crippen LogP contribution in [0.1, 0.15) is 25.9 Å². The molecule has 4 nitrogen and oxygen atoms in total. The molecule has 0 radical (unpaired) electrons. The van der Waals surface area contributed by atoms with Crippen LogP contribution < -0.4 is 5.32 Å². The number of nitrogens with one attached hydrogen (secondary N) is 1. The number of carbonyl (C=O) groups is 1. The van der Waals surface area contributed by atoms with Gasteiger partial charge in [-0.1, -0.05) is 0 Å². The van der Waals surface area contributed by atoms with Gasteiger partial charge in [0.1, 0.15) is 0 Å². The molecular weight excluding hydrogens is 482 g/mol. The third-order valence-electron chi connectivity index (χ3n) is 3.10. The average molecular weight is 493 g/mol. The van der Waals surface area contributed by atoms with Crippen molar-refractivity contribution in [2.24, 2.45) is 0 Å². The van der Waals surface area contributed by atoms with Crippen molar-refractivity contribution in [2.45, 2.75) is 20.8 Å². The van der Waals surface area contributed by atoms with Crippen molar-refractivity contribution in [2.75, 3.05) is 5.32 Å². The summed E-state index contributed by atoms with van der Waals surface area (Å²) in [6.45, 7) is 5.86. The third kappa shape index (κ3) is 3.43. The molecule has 3 heterocycles. The minimum atomic E-state index is -0.142. The first-order valence-electron chi connectivity index (χ1n) is 6.52. The van der Waals surface area contributed by atoms with Crippen LogP contribution in [0.25, 0.3) is 10.6 Å². The van der Waals surface area contributed by atoms with Crippen LogP contribution in [0.5, 0.6) is 0 Å². The maximum Gasteiger partial charge on any atom is 0.267 e. The van der Waals surface area contributed by atoms with Gasteiger partial charge in [-0.05, 0) is 58.2 Å². The number of halogens is 2. The largest absolute Gasteiger partial charge is 0.297 e. The van der Waals surface area contributed by atoms with Gasteiger partial charge < -0.3 is 0 Å². The summed E-state index contributed by atoms with van der Waals surface area (Å²) in [6.07, 6.45) is 0. The van der Waals surface area contributed by atoms with Gasteiger partial charge in [-0.15, -0.1) is 34.0 Å². The Balaban J connectivity index is 1.83. The molecule has 0 spiro atoms. The zero-order chi connectivity index (χ0) is 16.7. The van der Waals surface area contributed by atoms with Crippen LogP contribution in [0.4, 0.5) is 5.13 Å². The number of hydrogen-bond donors (Lipinski definition) is 1. The Morgan fingerprint density at radius 2 is 1.91 bits per heavy atom. The molecule has 0 unspecified atom stereocenters. The molecule has 0 bridgehead atoms. The summed E-state index contributed by atoms with van der Waals surface area (Å²) in [6, 6.07) is 0. The molecule has 3 aromatic heterocycles. The molecule has 0 aromatic carbocycles. The van der Waals surface area contributed by atoms with E-state index >= 15 is 0 Å². The van der Waals surface area contributed by atoms with Gasteiger partial charge in [0.2, 0.25) is 0 Å². The predicted octanol–water partition coefficient (Wildman–Crippen LogP) is 6.03. The van der Waals surface area contributed by atoms with Crippen LogP contribution in [0, 0.1) is 20.8 Å². The predicted molar refractivity (Wildman–Crippen MR) is 105 cm³/mol. The number of thiophene rings is 1. The number of rotatable bonds is 3.